The van der Waals surface area contributed by atoms with Gasteiger partial charge in [0, 0.05) is 26.1 Å². The summed E-state index contributed by atoms with van der Waals surface area (Å²) in [4.78, 5) is 4.30. The lowest BCUT2D eigenvalue weighted by molar-refractivity contribution is -0.00350. The highest BCUT2D eigenvalue weighted by atomic mass is 16.5. The summed E-state index contributed by atoms with van der Waals surface area (Å²) in [5.74, 6) is 0.407. The van der Waals surface area contributed by atoms with Crippen LogP contribution in [0.25, 0.3) is 0 Å². The molecule has 0 unspecified atom stereocenters. The van der Waals surface area contributed by atoms with Crippen molar-refractivity contribution in [3.8, 4) is 0 Å². The zero-order chi connectivity index (χ0) is 11.1. The van der Waals surface area contributed by atoms with Crippen LogP contribution in [-0.4, -0.2) is 31.9 Å². The summed E-state index contributed by atoms with van der Waals surface area (Å²) < 4.78 is 10.5. The molecule has 0 spiro atoms. The van der Waals surface area contributed by atoms with E-state index in [0.717, 1.165) is 12.1 Å². The Morgan fingerprint density at radius 3 is 2.67 bits per heavy atom. The van der Waals surface area contributed by atoms with Crippen LogP contribution in [0.4, 0.5) is 0 Å². The Hall–Kier alpha value is -0.930. The van der Waals surface area contributed by atoms with Gasteiger partial charge in [-0.2, -0.15) is 0 Å². The van der Waals surface area contributed by atoms with E-state index < -0.39 is 0 Å². The van der Waals surface area contributed by atoms with E-state index in [-0.39, 0.29) is 6.10 Å². The predicted octanol–water partition coefficient (Wildman–Crippen LogP) is 1.92. The molecule has 1 rings (SSSR count). The first-order valence-corrected chi connectivity index (χ1v) is 5.19. The predicted molar refractivity (Wildman–Crippen MR) is 59.8 cm³/mol. The van der Waals surface area contributed by atoms with E-state index in [0.29, 0.717) is 12.5 Å². The van der Waals surface area contributed by atoms with Gasteiger partial charge in [0.15, 0.2) is 0 Å². The molecule has 0 aromatic carbocycles. The molecule has 0 saturated heterocycles. The molecule has 0 fully saturated rings. The van der Waals surface area contributed by atoms with Gasteiger partial charge in [-0.1, -0.05) is 13.0 Å². The Morgan fingerprint density at radius 2 is 2.13 bits per heavy atom. The molecule has 0 aliphatic heterocycles. The van der Waals surface area contributed by atoms with E-state index in [9.17, 15) is 0 Å². The number of ether oxygens (including phenoxy) is 2. The Morgan fingerprint density at radius 1 is 1.33 bits per heavy atom. The van der Waals surface area contributed by atoms with Crippen LogP contribution >= 0.6 is 0 Å². The monoisotopic (exact) mass is 209 g/mol. The number of pyridine rings is 1. The lowest BCUT2D eigenvalue weighted by Gasteiger charge is -2.21. The van der Waals surface area contributed by atoms with Gasteiger partial charge in [-0.15, -0.1) is 0 Å². The van der Waals surface area contributed by atoms with Crippen molar-refractivity contribution in [2.24, 2.45) is 5.92 Å². The second-order valence-electron chi connectivity index (χ2n) is 3.73. The van der Waals surface area contributed by atoms with Gasteiger partial charge in [0.1, 0.15) is 0 Å². The van der Waals surface area contributed by atoms with E-state index >= 15 is 0 Å². The van der Waals surface area contributed by atoms with Crippen LogP contribution in [0.15, 0.2) is 24.4 Å². The van der Waals surface area contributed by atoms with Crippen molar-refractivity contribution in [3.63, 3.8) is 0 Å². The maximum Gasteiger partial charge on any atom is 0.0833 e. The quantitative estimate of drug-likeness (QED) is 0.717. The fourth-order valence-electron chi connectivity index (χ4n) is 1.61. The normalized spacial score (nSPS) is 14.9. The minimum Gasteiger partial charge on any atom is -0.382 e. The molecule has 0 aliphatic carbocycles. The number of rotatable bonds is 6. The van der Waals surface area contributed by atoms with Gasteiger partial charge < -0.3 is 9.47 Å². The minimum atomic E-state index is 0.136. The molecule has 3 nitrogen and oxygen atoms in total. The minimum absolute atomic E-state index is 0.136. The largest absolute Gasteiger partial charge is 0.382 e. The second-order valence-corrected chi connectivity index (χ2v) is 3.73. The van der Waals surface area contributed by atoms with Gasteiger partial charge >= 0.3 is 0 Å². The standard InChI is InChI=1S/C12H19NO2/c1-10(12(15-3)9-14-2)8-11-6-4-5-7-13-11/h4-7,10,12H,8-9H2,1-3H3/t10-,12-/m1/s1. The second kappa shape index (κ2) is 6.53. The Kier molecular flexibility index (Phi) is 5.29. The summed E-state index contributed by atoms with van der Waals surface area (Å²) in [6.07, 6.45) is 2.88. The van der Waals surface area contributed by atoms with Gasteiger partial charge in [0.05, 0.1) is 12.7 Å². The maximum absolute atomic E-state index is 5.37. The third kappa shape index (κ3) is 3.98. The molecule has 3 heteroatoms. The Labute approximate surface area is 91.4 Å². The summed E-state index contributed by atoms with van der Waals surface area (Å²) in [5.41, 5.74) is 1.10. The molecule has 0 N–H and O–H groups in total. The summed E-state index contributed by atoms with van der Waals surface area (Å²) in [6.45, 7) is 2.78. The lowest BCUT2D eigenvalue weighted by Crippen LogP contribution is -2.27. The van der Waals surface area contributed by atoms with E-state index in [1.807, 2.05) is 24.4 Å². The molecule has 1 aromatic heterocycles. The summed E-state index contributed by atoms with van der Waals surface area (Å²) in [5, 5.41) is 0. The van der Waals surface area contributed by atoms with Gasteiger partial charge in [-0.05, 0) is 24.5 Å². The highest BCUT2D eigenvalue weighted by Crippen LogP contribution is 2.12. The van der Waals surface area contributed by atoms with Crippen molar-refractivity contribution < 1.29 is 9.47 Å². The maximum atomic E-state index is 5.37. The highest BCUT2D eigenvalue weighted by Gasteiger charge is 2.17. The molecule has 84 valence electrons. The summed E-state index contributed by atoms with van der Waals surface area (Å²) in [6, 6.07) is 5.97. The zero-order valence-corrected chi connectivity index (χ0v) is 9.64. The lowest BCUT2D eigenvalue weighted by atomic mass is 9.99. The van der Waals surface area contributed by atoms with Crippen LogP contribution < -0.4 is 0 Å². The number of aromatic nitrogens is 1. The van der Waals surface area contributed by atoms with Gasteiger partial charge in [-0.25, -0.2) is 0 Å². The van der Waals surface area contributed by atoms with Crippen molar-refractivity contribution in [1.82, 2.24) is 4.98 Å². The average molecular weight is 209 g/mol. The SMILES string of the molecule is COC[C@@H](OC)[C@H](C)Cc1ccccn1. The summed E-state index contributed by atoms with van der Waals surface area (Å²) >= 11 is 0. The molecule has 1 aromatic rings. The first kappa shape index (κ1) is 12.1. The van der Waals surface area contributed by atoms with Crippen molar-refractivity contribution in [3.05, 3.63) is 30.1 Å². The molecular weight excluding hydrogens is 190 g/mol. The number of hydrogen-bond donors (Lipinski definition) is 0. The van der Waals surface area contributed by atoms with Crippen molar-refractivity contribution >= 4 is 0 Å². The van der Waals surface area contributed by atoms with Crippen LogP contribution in [0.3, 0.4) is 0 Å². The molecule has 1 heterocycles. The van der Waals surface area contributed by atoms with Crippen molar-refractivity contribution in [2.45, 2.75) is 19.4 Å². The van der Waals surface area contributed by atoms with Crippen LogP contribution in [-0.2, 0) is 15.9 Å². The van der Waals surface area contributed by atoms with Gasteiger partial charge in [0.25, 0.3) is 0 Å². The van der Waals surface area contributed by atoms with Crippen LogP contribution in [0.2, 0.25) is 0 Å². The number of methoxy groups -OCH3 is 2. The average Bonchev–Trinajstić information content (AvgIpc) is 2.27. The van der Waals surface area contributed by atoms with Crippen LogP contribution in [0.1, 0.15) is 12.6 Å². The molecular formula is C12H19NO2. The third-order valence-electron chi connectivity index (χ3n) is 2.53. The molecule has 0 saturated carbocycles. The van der Waals surface area contributed by atoms with Crippen molar-refractivity contribution in [2.75, 3.05) is 20.8 Å². The first-order chi connectivity index (χ1) is 7.27. The van der Waals surface area contributed by atoms with Crippen molar-refractivity contribution in [1.29, 1.82) is 0 Å². The first-order valence-electron chi connectivity index (χ1n) is 5.19. The van der Waals surface area contributed by atoms with Gasteiger partial charge in [-0.3, -0.25) is 4.98 Å². The van der Waals surface area contributed by atoms with E-state index in [1.165, 1.54) is 0 Å². The molecule has 0 aliphatic rings. The van der Waals surface area contributed by atoms with E-state index in [2.05, 4.69) is 11.9 Å². The molecule has 0 amide bonds. The Balaban J connectivity index is 2.50. The molecule has 15 heavy (non-hydrogen) atoms. The van der Waals surface area contributed by atoms with Crippen LogP contribution in [0.5, 0.6) is 0 Å². The van der Waals surface area contributed by atoms with Crippen LogP contribution in [0, 0.1) is 5.92 Å². The summed E-state index contributed by atoms with van der Waals surface area (Å²) in [7, 11) is 3.41. The molecule has 2 atom stereocenters. The highest BCUT2D eigenvalue weighted by molar-refractivity contribution is 5.04. The molecule has 0 radical (unpaired) electrons. The van der Waals surface area contributed by atoms with Gasteiger partial charge in [0.2, 0.25) is 0 Å². The topological polar surface area (TPSA) is 31.4 Å². The fraction of sp³-hybridized carbons (Fsp3) is 0.583. The third-order valence-corrected chi connectivity index (χ3v) is 2.53. The smallest absolute Gasteiger partial charge is 0.0833 e. The molecule has 0 bridgehead atoms. The number of nitrogens with zero attached hydrogens (tertiary/aromatic N) is 1. The number of hydrogen-bond acceptors (Lipinski definition) is 3. The van der Waals surface area contributed by atoms with E-state index in [4.69, 9.17) is 9.47 Å². The Bertz CT molecular complexity index is 264. The zero-order valence-electron chi connectivity index (χ0n) is 9.64. The van der Waals surface area contributed by atoms with E-state index in [1.54, 1.807) is 14.2 Å². The fourth-order valence-corrected chi connectivity index (χ4v) is 1.61.